The molecule has 0 radical (unpaired) electrons. The molecule has 0 aromatic carbocycles. The Morgan fingerprint density at radius 3 is 2.61 bits per heavy atom. The van der Waals surface area contributed by atoms with Crippen LogP contribution in [0, 0.1) is 5.92 Å². The van der Waals surface area contributed by atoms with E-state index in [1.54, 1.807) is 12.1 Å². The van der Waals surface area contributed by atoms with Crippen LogP contribution >= 0.6 is 15.9 Å². The van der Waals surface area contributed by atoms with Crippen LogP contribution < -0.4 is 0 Å². The molecule has 1 saturated heterocycles. The highest BCUT2D eigenvalue weighted by molar-refractivity contribution is 9.10. The smallest absolute Gasteiger partial charge is 0.289 e. The van der Waals surface area contributed by atoms with Crippen molar-refractivity contribution in [3.63, 3.8) is 0 Å². The van der Waals surface area contributed by atoms with Gasteiger partial charge in [-0.15, -0.1) is 0 Å². The Morgan fingerprint density at radius 2 is 2.11 bits per heavy atom. The van der Waals surface area contributed by atoms with Crippen LogP contribution in [-0.4, -0.2) is 49.4 Å². The molecule has 5 heteroatoms. The number of carbonyl (C=O) groups is 1. The molecule has 0 unspecified atom stereocenters. The summed E-state index contributed by atoms with van der Waals surface area (Å²) in [6.45, 7) is 2.76. The van der Waals surface area contributed by atoms with E-state index in [-0.39, 0.29) is 5.91 Å². The number of nitrogens with zero attached hydrogens (tertiary/aromatic N) is 2. The van der Waals surface area contributed by atoms with E-state index in [4.69, 9.17) is 4.42 Å². The molecule has 1 fully saturated rings. The zero-order valence-corrected chi connectivity index (χ0v) is 12.4. The van der Waals surface area contributed by atoms with Crippen LogP contribution in [0.2, 0.25) is 0 Å². The lowest BCUT2D eigenvalue weighted by atomic mass is 9.96. The van der Waals surface area contributed by atoms with Crippen molar-refractivity contribution in [2.24, 2.45) is 5.92 Å². The average molecular weight is 315 g/mol. The van der Waals surface area contributed by atoms with Gasteiger partial charge in [0.1, 0.15) is 0 Å². The Morgan fingerprint density at radius 1 is 1.44 bits per heavy atom. The SMILES string of the molecule is CN(C)CC1CCN(C(=O)c2ccc(Br)o2)CC1. The minimum absolute atomic E-state index is 0.00371. The monoisotopic (exact) mass is 314 g/mol. The first kappa shape index (κ1) is 13.6. The molecular weight excluding hydrogens is 296 g/mol. The van der Waals surface area contributed by atoms with Crippen molar-refractivity contribution in [1.29, 1.82) is 0 Å². The molecule has 2 rings (SSSR count). The van der Waals surface area contributed by atoms with Gasteiger partial charge in [-0.25, -0.2) is 0 Å². The number of rotatable bonds is 3. The van der Waals surface area contributed by atoms with E-state index < -0.39 is 0 Å². The third-order valence-electron chi connectivity index (χ3n) is 3.31. The second kappa shape index (κ2) is 5.89. The van der Waals surface area contributed by atoms with Crippen molar-refractivity contribution in [3.05, 3.63) is 22.6 Å². The molecule has 100 valence electrons. The maximum absolute atomic E-state index is 12.1. The highest BCUT2D eigenvalue weighted by Crippen LogP contribution is 2.21. The van der Waals surface area contributed by atoms with Crippen LogP contribution in [0.3, 0.4) is 0 Å². The fraction of sp³-hybridized carbons (Fsp3) is 0.615. The quantitative estimate of drug-likeness (QED) is 0.860. The number of likely N-dealkylation sites (tertiary alicyclic amines) is 1. The highest BCUT2D eigenvalue weighted by Gasteiger charge is 2.25. The molecule has 1 aromatic heterocycles. The van der Waals surface area contributed by atoms with E-state index in [9.17, 15) is 4.79 Å². The second-order valence-electron chi connectivity index (χ2n) is 5.10. The fourth-order valence-corrected chi connectivity index (χ4v) is 2.73. The zero-order valence-electron chi connectivity index (χ0n) is 10.9. The Bertz CT molecular complexity index is 409. The van der Waals surface area contributed by atoms with E-state index in [2.05, 4.69) is 34.9 Å². The number of piperidine rings is 1. The van der Waals surface area contributed by atoms with Crippen molar-refractivity contribution < 1.29 is 9.21 Å². The molecule has 0 spiro atoms. The van der Waals surface area contributed by atoms with Crippen molar-refractivity contribution in [2.75, 3.05) is 33.7 Å². The minimum atomic E-state index is 0.00371. The average Bonchev–Trinajstić information content (AvgIpc) is 2.75. The molecule has 1 aliphatic rings. The van der Waals surface area contributed by atoms with Gasteiger partial charge in [-0.1, -0.05) is 0 Å². The molecule has 1 amide bonds. The van der Waals surface area contributed by atoms with Crippen molar-refractivity contribution in [1.82, 2.24) is 9.80 Å². The van der Waals surface area contributed by atoms with Gasteiger partial charge in [0, 0.05) is 19.6 Å². The summed E-state index contributed by atoms with van der Waals surface area (Å²) in [5.41, 5.74) is 0. The summed E-state index contributed by atoms with van der Waals surface area (Å²) in [5.74, 6) is 1.13. The molecule has 1 aliphatic heterocycles. The number of amides is 1. The number of halogens is 1. The summed E-state index contributed by atoms with van der Waals surface area (Å²) in [7, 11) is 4.19. The summed E-state index contributed by atoms with van der Waals surface area (Å²) >= 11 is 3.22. The van der Waals surface area contributed by atoms with E-state index in [1.165, 1.54) is 0 Å². The predicted molar refractivity (Wildman–Crippen MR) is 73.6 cm³/mol. The molecule has 0 saturated carbocycles. The van der Waals surface area contributed by atoms with Crippen LogP contribution in [0.4, 0.5) is 0 Å². The summed E-state index contributed by atoms with van der Waals surface area (Å²) < 4.78 is 5.91. The molecular formula is C13H19BrN2O2. The number of hydrogen-bond acceptors (Lipinski definition) is 3. The van der Waals surface area contributed by atoms with E-state index >= 15 is 0 Å². The Hall–Kier alpha value is -0.810. The summed E-state index contributed by atoms with van der Waals surface area (Å²) in [6.07, 6.45) is 2.15. The molecule has 18 heavy (non-hydrogen) atoms. The van der Waals surface area contributed by atoms with Crippen LogP contribution in [-0.2, 0) is 0 Å². The van der Waals surface area contributed by atoms with E-state index in [1.807, 2.05) is 4.90 Å². The number of furan rings is 1. The lowest BCUT2D eigenvalue weighted by Gasteiger charge is -2.32. The molecule has 2 heterocycles. The third kappa shape index (κ3) is 3.36. The molecule has 1 aromatic rings. The maximum Gasteiger partial charge on any atom is 0.289 e. The van der Waals surface area contributed by atoms with Gasteiger partial charge in [-0.05, 0) is 60.9 Å². The summed E-state index contributed by atoms with van der Waals surface area (Å²) in [4.78, 5) is 16.2. The van der Waals surface area contributed by atoms with Crippen LogP contribution in [0.5, 0.6) is 0 Å². The van der Waals surface area contributed by atoms with Gasteiger partial charge in [0.05, 0.1) is 0 Å². The predicted octanol–water partition coefficient (Wildman–Crippen LogP) is 2.46. The first-order valence-electron chi connectivity index (χ1n) is 6.25. The third-order valence-corrected chi connectivity index (χ3v) is 3.74. The molecule has 0 atom stereocenters. The Balaban J connectivity index is 1.88. The first-order valence-corrected chi connectivity index (χ1v) is 7.05. The standard InChI is InChI=1S/C13H19BrN2O2/c1-15(2)9-10-5-7-16(8-6-10)13(17)11-3-4-12(14)18-11/h3-4,10H,5-9H2,1-2H3. The van der Waals surface area contributed by atoms with Gasteiger partial charge in [0.25, 0.3) is 5.91 Å². The minimum Gasteiger partial charge on any atom is -0.444 e. The Kier molecular flexibility index (Phi) is 4.45. The molecule has 4 nitrogen and oxygen atoms in total. The van der Waals surface area contributed by atoms with Crippen molar-refractivity contribution in [2.45, 2.75) is 12.8 Å². The van der Waals surface area contributed by atoms with E-state index in [0.717, 1.165) is 32.5 Å². The van der Waals surface area contributed by atoms with Gasteiger partial charge in [-0.2, -0.15) is 0 Å². The van der Waals surface area contributed by atoms with Gasteiger partial charge in [-0.3, -0.25) is 4.79 Å². The highest BCUT2D eigenvalue weighted by atomic mass is 79.9. The van der Waals surface area contributed by atoms with Crippen molar-refractivity contribution in [3.8, 4) is 0 Å². The van der Waals surface area contributed by atoms with Gasteiger partial charge < -0.3 is 14.2 Å². The van der Waals surface area contributed by atoms with E-state index in [0.29, 0.717) is 16.3 Å². The van der Waals surface area contributed by atoms with Gasteiger partial charge in [0.15, 0.2) is 10.4 Å². The number of hydrogen-bond donors (Lipinski definition) is 0. The lowest BCUT2D eigenvalue weighted by Crippen LogP contribution is -2.40. The van der Waals surface area contributed by atoms with Crippen LogP contribution in [0.25, 0.3) is 0 Å². The molecule has 0 N–H and O–H groups in total. The summed E-state index contributed by atoms with van der Waals surface area (Å²) in [5, 5.41) is 0. The number of carbonyl (C=O) groups excluding carboxylic acids is 1. The first-order chi connectivity index (χ1) is 8.56. The van der Waals surface area contributed by atoms with Crippen molar-refractivity contribution >= 4 is 21.8 Å². The maximum atomic E-state index is 12.1. The topological polar surface area (TPSA) is 36.7 Å². The second-order valence-corrected chi connectivity index (χ2v) is 5.88. The van der Waals surface area contributed by atoms with Gasteiger partial charge >= 0.3 is 0 Å². The van der Waals surface area contributed by atoms with Crippen LogP contribution in [0.15, 0.2) is 21.2 Å². The fourth-order valence-electron chi connectivity index (χ4n) is 2.42. The van der Waals surface area contributed by atoms with Crippen LogP contribution in [0.1, 0.15) is 23.4 Å². The zero-order chi connectivity index (χ0) is 13.1. The molecule has 0 bridgehead atoms. The Labute approximate surface area is 116 Å². The normalized spacial score (nSPS) is 17.4. The summed E-state index contributed by atoms with van der Waals surface area (Å²) in [6, 6.07) is 3.48. The lowest BCUT2D eigenvalue weighted by molar-refractivity contribution is 0.0645. The van der Waals surface area contributed by atoms with Gasteiger partial charge in [0.2, 0.25) is 0 Å². The molecule has 0 aliphatic carbocycles. The largest absolute Gasteiger partial charge is 0.444 e.